The first-order chi connectivity index (χ1) is 14.8. The fourth-order valence-electron chi connectivity index (χ4n) is 3.63. The highest BCUT2D eigenvalue weighted by molar-refractivity contribution is 6.43. The number of aliphatic hydroxyl groups is 3. The fraction of sp³-hybridized carbons (Fsp3) is 0.350. The summed E-state index contributed by atoms with van der Waals surface area (Å²) in [6, 6.07) is 4.63. The van der Waals surface area contributed by atoms with Gasteiger partial charge in [-0.25, -0.2) is 4.79 Å². The van der Waals surface area contributed by atoms with Crippen molar-refractivity contribution in [2.24, 2.45) is 5.16 Å². The molecule has 11 nitrogen and oxygen atoms in total. The molecule has 4 rings (SSSR count). The molecule has 1 aliphatic carbocycles. The number of hydrogen-bond donors (Lipinski definition) is 4. The number of nitrogens with one attached hydrogen (secondary N) is 1. The average molecular weight is 432 g/mol. The van der Waals surface area contributed by atoms with Crippen molar-refractivity contribution in [2.75, 3.05) is 19.5 Å². The van der Waals surface area contributed by atoms with Crippen LogP contribution in [-0.4, -0.2) is 65.1 Å². The Morgan fingerprint density at radius 3 is 2.74 bits per heavy atom. The van der Waals surface area contributed by atoms with Gasteiger partial charge in [0.05, 0.1) is 14.2 Å². The number of aliphatic hydroxyl groups excluding tert-OH is 2. The quantitative estimate of drug-likeness (QED) is 0.383. The highest BCUT2D eigenvalue weighted by atomic mass is 16.7. The Kier molecular flexibility index (Phi) is 5.17. The topological polar surface area (TPSA) is 160 Å². The number of methoxy groups -OCH3 is 2. The molecule has 1 amide bonds. The second-order valence-electron chi connectivity index (χ2n) is 7.17. The van der Waals surface area contributed by atoms with Crippen molar-refractivity contribution in [1.82, 2.24) is 0 Å². The summed E-state index contributed by atoms with van der Waals surface area (Å²) in [6.45, 7) is 0. The first-order valence-corrected chi connectivity index (χ1v) is 9.28. The molecule has 2 aliphatic rings. The lowest BCUT2D eigenvalue weighted by Crippen LogP contribution is -2.62. The molecular formula is C20H20N2O9. The van der Waals surface area contributed by atoms with Crippen molar-refractivity contribution >= 4 is 28.3 Å². The molecule has 31 heavy (non-hydrogen) atoms. The minimum absolute atomic E-state index is 0.145. The molecule has 2 heterocycles. The van der Waals surface area contributed by atoms with Crippen molar-refractivity contribution in [3.63, 3.8) is 0 Å². The molecule has 1 aliphatic heterocycles. The van der Waals surface area contributed by atoms with Crippen LogP contribution in [0.5, 0.6) is 11.5 Å². The number of amides is 1. The van der Waals surface area contributed by atoms with E-state index in [1.165, 1.54) is 32.4 Å². The van der Waals surface area contributed by atoms with Gasteiger partial charge in [0.1, 0.15) is 29.2 Å². The zero-order valence-electron chi connectivity index (χ0n) is 16.6. The number of nitrogens with zero attached hydrogens (tertiary/aromatic N) is 1. The molecule has 0 radical (unpaired) electrons. The van der Waals surface area contributed by atoms with Crippen LogP contribution in [0.1, 0.15) is 6.42 Å². The maximum absolute atomic E-state index is 12.7. The summed E-state index contributed by atoms with van der Waals surface area (Å²) < 4.78 is 15.7. The van der Waals surface area contributed by atoms with Crippen molar-refractivity contribution in [3.05, 3.63) is 40.8 Å². The lowest BCUT2D eigenvalue weighted by Gasteiger charge is -2.43. The summed E-state index contributed by atoms with van der Waals surface area (Å²) in [7, 11) is 2.85. The number of rotatable bonds is 4. The summed E-state index contributed by atoms with van der Waals surface area (Å²) in [5.41, 5.74) is -3.11. The molecule has 0 fully saturated rings. The number of carbonyl (C=O) groups is 1. The van der Waals surface area contributed by atoms with Crippen LogP contribution >= 0.6 is 0 Å². The van der Waals surface area contributed by atoms with E-state index in [2.05, 4.69) is 10.5 Å². The molecule has 2 aromatic rings. The number of fused-ring (bicyclic) bond motifs is 2. The maximum Gasteiger partial charge on any atom is 0.360 e. The van der Waals surface area contributed by atoms with Crippen molar-refractivity contribution in [3.8, 4) is 11.5 Å². The minimum atomic E-state index is -1.96. The van der Waals surface area contributed by atoms with E-state index in [9.17, 15) is 24.9 Å². The Hall–Kier alpha value is -3.41. The molecule has 0 spiro atoms. The van der Waals surface area contributed by atoms with E-state index < -0.39 is 41.9 Å². The third-order valence-electron chi connectivity index (χ3n) is 5.29. The maximum atomic E-state index is 12.7. The summed E-state index contributed by atoms with van der Waals surface area (Å²) in [5.74, 6) is -0.241. The standard InChI is InChI=1S/C20H20N2O9/c1-28-13-5-3-9-7-10(19(26)30-15(9)16(13)29-2)21-18(25)11-8-20(27)14(24)6-4-12(23)17(20)31-22-11/h3-7,12,14,17,23-24,27H,8H2,1-2H3,(H,21,25)/t12-,14-,17+,20+/m1/s1. The molecule has 1 aromatic heterocycles. The fourth-order valence-corrected chi connectivity index (χ4v) is 3.63. The third-order valence-corrected chi connectivity index (χ3v) is 5.29. The molecule has 0 bridgehead atoms. The van der Waals surface area contributed by atoms with Gasteiger partial charge < -0.3 is 39.4 Å². The van der Waals surface area contributed by atoms with E-state index >= 15 is 0 Å². The summed E-state index contributed by atoms with van der Waals surface area (Å²) >= 11 is 0. The monoisotopic (exact) mass is 432 g/mol. The van der Waals surface area contributed by atoms with Crippen LogP contribution in [0.4, 0.5) is 5.69 Å². The second-order valence-corrected chi connectivity index (χ2v) is 7.17. The van der Waals surface area contributed by atoms with Gasteiger partial charge in [0, 0.05) is 11.8 Å². The number of oxime groups is 1. The molecular weight excluding hydrogens is 412 g/mol. The lowest BCUT2D eigenvalue weighted by molar-refractivity contribution is -0.191. The Morgan fingerprint density at radius 2 is 2.03 bits per heavy atom. The molecule has 4 N–H and O–H groups in total. The number of carbonyl (C=O) groups excluding carboxylic acids is 1. The van der Waals surface area contributed by atoms with Crippen LogP contribution in [-0.2, 0) is 9.63 Å². The van der Waals surface area contributed by atoms with Crippen LogP contribution in [0, 0.1) is 0 Å². The molecule has 0 saturated heterocycles. The Morgan fingerprint density at radius 1 is 1.26 bits per heavy atom. The van der Waals surface area contributed by atoms with Gasteiger partial charge in [0.15, 0.2) is 17.4 Å². The van der Waals surface area contributed by atoms with Gasteiger partial charge in [-0.1, -0.05) is 17.3 Å². The Balaban J connectivity index is 1.62. The summed E-state index contributed by atoms with van der Waals surface area (Å²) in [4.78, 5) is 30.2. The Bertz CT molecular complexity index is 1160. The van der Waals surface area contributed by atoms with Gasteiger partial charge in [-0.15, -0.1) is 0 Å². The SMILES string of the molecule is COc1ccc2cc(NC(=O)C3=NO[C@H]4[C@H](O)C=C[C@@H](O)[C@@]4(O)C3)c(=O)oc2c1OC. The van der Waals surface area contributed by atoms with E-state index in [0.29, 0.717) is 11.1 Å². The zero-order valence-corrected chi connectivity index (χ0v) is 16.6. The van der Waals surface area contributed by atoms with Crippen molar-refractivity contribution in [2.45, 2.75) is 30.3 Å². The highest BCUT2D eigenvalue weighted by Gasteiger charge is 2.53. The molecule has 11 heteroatoms. The molecule has 0 unspecified atom stereocenters. The van der Waals surface area contributed by atoms with E-state index in [0.717, 1.165) is 0 Å². The van der Waals surface area contributed by atoms with E-state index in [4.69, 9.17) is 18.7 Å². The van der Waals surface area contributed by atoms with Crippen LogP contribution in [0.15, 0.2) is 44.7 Å². The smallest absolute Gasteiger partial charge is 0.360 e. The van der Waals surface area contributed by atoms with Crippen LogP contribution in [0.25, 0.3) is 11.0 Å². The number of benzene rings is 1. The largest absolute Gasteiger partial charge is 0.493 e. The zero-order chi connectivity index (χ0) is 22.3. The van der Waals surface area contributed by atoms with Crippen LogP contribution < -0.4 is 20.4 Å². The highest BCUT2D eigenvalue weighted by Crippen LogP contribution is 2.36. The van der Waals surface area contributed by atoms with Crippen molar-refractivity contribution in [1.29, 1.82) is 0 Å². The van der Waals surface area contributed by atoms with Gasteiger partial charge in [-0.2, -0.15) is 0 Å². The molecule has 4 atom stereocenters. The number of ether oxygens (including phenoxy) is 2. The van der Waals surface area contributed by atoms with Crippen molar-refractivity contribution < 1.29 is 38.8 Å². The summed E-state index contributed by atoms with van der Waals surface area (Å²) in [6.07, 6.45) is -1.75. The predicted molar refractivity (Wildman–Crippen MR) is 107 cm³/mol. The third kappa shape index (κ3) is 3.42. The van der Waals surface area contributed by atoms with E-state index in [-0.39, 0.29) is 22.7 Å². The van der Waals surface area contributed by atoms with Gasteiger partial charge in [0.2, 0.25) is 5.75 Å². The molecule has 1 aromatic carbocycles. The van der Waals surface area contributed by atoms with E-state index in [1.54, 1.807) is 12.1 Å². The summed E-state index contributed by atoms with van der Waals surface area (Å²) in [5, 5.41) is 37.3. The van der Waals surface area contributed by atoms with E-state index in [1.807, 2.05) is 0 Å². The first kappa shape index (κ1) is 20.8. The van der Waals surface area contributed by atoms with Gasteiger partial charge in [0.25, 0.3) is 5.91 Å². The van der Waals surface area contributed by atoms with Gasteiger partial charge in [-0.05, 0) is 18.2 Å². The lowest BCUT2D eigenvalue weighted by atomic mass is 9.78. The van der Waals surface area contributed by atoms with Gasteiger partial charge >= 0.3 is 5.63 Å². The first-order valence-electron chi connectivity index (χ1n) is 9.28. The predicted octanol–water partition coefficient (Wildman–Crippen LogP) is -0.0837. The average Bonchev–Trinajstić information content (AvgIpc) is 2.76. The molecule has 0 saturated carbocycles. The second kappa shape index (κ2) is 7.69. The van der Waals surface area contributed by atoms with Crippen LogP contribution in [0.2, 0.25) is 0 Å². The number of hydrogen-bond acceptors (Lipinski definition) is 10. The van der Waals surface area contributed by atoms with Crippen LogP contribution in [0.3, 0.4) is 0 Å². The number of anilines is 1. The molecule has 164 valence electrons. The normalized spacial score (nSPS) is 27.1. The van der Waals surface area contributed by atoms with Gasteiger partial charge in [-0.3, -0.25) is 4.79 Å². The Labute approximate surface area is 175 Å². The minimum Gasteiger partial charge on any atom is -0.493 e.